The number of nitrogens with two attached hydrogens (primary N) is 1. The predicted molar refractivity (Wildman–Crippen MR) is 59.0 cm³/mol. The van der Waals surface area contributed by atoms with Crippen LogP contribution >= 0.6 is 0 Å². The van der Waals surface area contributed by atoms with Crippen molar-refractivity contribution in [1.29, 1.82) is 0 Å². The Morgan fingerprint density at radius 3 is 2.65 bits per heavy atom. The van der Waals surface area contributed by atoms with Gasteiger partial charge >= 0.3 is 5.69 Å². The van der Waals surface area contributed by atoms with Crippen molar-refractivity contribution in [2.45, 2.75) is 17.4 Å². The van der Waals surface area contributed by atoms with Crippen molar-refractivity contribution >= 4 is 10.0 Å². The average Bonchev–Trinajstić information content (AvgIpc) is 2.64. The summed E-state index contributed by atoms with van der Waals surface area (Å²) in [5, 5.41) is 0. The number of nitrogens with one attached hydrogen (secondary N) is 2. The maximum Gasteiger partial charge on any atom is 0.325 e. The second-order valence-corrected chi connectivity index (χ2v) is 5.75. The number of sulfonamides is 1. The van der Waals surface area contributed by atoms with E-state index < -0.39 is 26.2 Å². The Labute approximate surface area is 96.5 Å². The largest absolute Gasteiger partial charge is 0.326 e. The van der Waals surface area contributed by atoms with Gasteiger partial charge in [-0.25, -0.2) is 13.2 Å². The van der Waals surface area contributed by atoms with Crippen LogP contribution in [-0.2, 0) is 10.0 Å². The van der Waals surface area contributed by atoms with E-state index in [4.69, 9.17) is 5.73 Å². The molecule has 1 fully saturated rings. The summed E-state index contributed by atoms with van der Waals surface area (Å²) in [5.74, 6) is 0. The van der Waals surface area contributed by atoms with Gasteiger partial charge < -0.3 is 10.7 Å². The fourth-order valence-corrected chi connectivity index (χ4v) is 3.21. The molecule has 2 rings (SSSR count). The minimum atomic E-state index is -3.88. The van der Waals surface area contributed by atoms with Crippen molar-refractivity contribution in [2.24, 2.45) is 5.73 Å². The quantitative estimate of drug-likeness (QED) is 0.555. The van der Waals surface area contributed by atoms with Crippen LogP contribution in [0.15, 0.2) is 20.7 Å². The smallest absolute Gasteiger partial charge is 0.325 e. The van der Waals surface area contributed by atoms with Crippen molar-refractivity contribution < 1.29 is 8.42 Å². The lowest BCUT2D eigenvalue weighted by molar-refractivity contribution is 0.471. The van der Waals surface area contributed by atoms with Crippen LogP contribution in [0.25, 0.3) is 0 Å². The van der Waals surface area contributed by atoms with Crippen molar-refractivity contribution in [2.75, 3.05) is 13.1 Å². The van der Waals surface area contributed by atoms with Gasteiger partial charge in [-0.05, 0) is 6.42 Å². The molecule has 0 aliphatic carbocycles. The molecule has 17 heavy (non-hydrogen) atoms. The zero-order valence-electron chi connectivity index (χ0n) is 8.84. The Morgan fingerprint density at radius 2 is 2.12 bits per heavy atom. The molecule has 1 aromatic heterocycles. The Bertz CT molecular complexity index is 631. The topological polar surface area (TPSA) is 129 Å². The number of aromatic nitrogens is 2. The van der Waals surface area contributed by atoms with Gasteiger partial charge in [-0.15, -0.1) is 0 Å². The van der Waals surface area contributed by atoms with E-state index in [-0.39, 0.29) is 19.1 Å². The van der Waals surface area contributed by atoms with Gasteiger partial charge in [0.05, 0.1) is 0 Å². The highest BCUT2D eigenvalue weighted by Gasteiger charge is 2.32. The van der Waals surface area contributed by atoms with Crippen LogP contribution in [0.4, 0.5) is 0 Å². The SMILES string of the molecule is N[C@@H]1CCN(S(=O)(=O)c2c[nH]c(=O)[nH]c2=O)C1. The highest BCUT2D eigenvalue weighted by atomic mass is 32.2. The Morgan fingerprint density at radius 1 is 1.41 bits per heavy atom. The first-order valence-corrected chi connectivity index (χ1v) is 6.43. The molecule has 2 heterocycles. The highest BCUT2D eigenvalue weighted by molar-refractivity contribution is 7.89. The van der Waals surface area contributed by atoms with Gasteiger partial charge in [0.15, 0.2) is 4.90 Å². The van der Waals surface area contributed by atoms with Crippen LogP contribution < -0.4 is 17.0 Å². The molecule has 0 aromatic carbocycles. The number of H-pyrrole nitrogens is 2. The van der Waals surface area contributed by atoms with Gasteiger partial charge in [0.2, 0.25) is 10.0 Å². The standard InChI is InChI=1S/C8H12N4O4S/c9-5-1-2-12(4-5)17(15,16)6-3-10-8(14)11-7(6)13/h3,5H,1-2,4,9H2,(H2,10,11,13,14)/t5-/m1/s1. The third-order valence-corrected chi connectivity index (χ3v) is 4.46. The summed E-state index contributed by atoms with van der Waals surface area (Å²) < 4.78 is 25.2. The minimum absolute atomic E-state index is 0.181. The monoisotopic (exact) mass is 260 g/mol. The lowest BCUT2D eigenvalue weighted by Gasteiger charge is -2.14. The molecular weight excluding hydrogens is 248 g/mol. The maximum atomic E-state index is 12.0. The van der Waals surface area contributed by atoms with Crippen molar-refractivity contribution in [1.82, 2.24) is 14.3 Å². The predicted octanol–water partition coefficient (Wildman–Crippen LogP) is -2.22. The van der Waals surface area contributed by atoms with Crippen LogP contribution in [0, 0.1) is 0 Å². The number of aromatic amines is 2. The molecule has 9 heteroatoms. The van der Waals surface area contributed by atoms with E-state index in [0.29, 0.717) is 6.42 Å². The summed E-state index contributed by atoms with van der Waals surface area (Å²) in [6, 6.07) is -0.216. The van der Waals surface area contributed by atoms with Crippen molar-refractivity contribution in [3.8, 4) is 0 Å². The third-order valence-electron chi connectivity index (χ3n) is 2.59. The first kappa shape index (κ1) is 12.0. The summed E-state index contributed by atoms with van der Waals surface area (Å²) in [4.78, 5) is 25.8. The lowest BCUT2D eigenvalue weighted by atomic mass is 10.3. The highest BCUT2D eigenvalue weighted by Crippen LogP contribution is 2.16. The van der Waals surface area contributed by atoms with Gasteiger partial charge in [-0.1, -0.05) is 0 Å². The molecule has 94 valence electrons. The van der Waals surface area contributed by atoms with Crippen LogP contribution in [0.1, 0.15) is 6.42 Å². The summed E-state index contributed by atoms with van der Waals surface area (Å²) >= 11 is 0. The molecule has 0 saturated carbocycles. The van der Waals surface area contributed by atoms with E-state index in [0.717, 1.165) is 10.5 Å². The van der Waals surface area contributed by atoms with Crippen LogP contribution in [-0.4, -0.2) is 41.8 Å². The molecule has 0 amide bonds. The zero-order chi connectivity index (χ0) is 12.6. The molecule has 0 unspecified atom stereocenters. The molecule has 8 nitrogen and oxygen atoms in total. The molecule has 1 aromatic rings. The molecule has 0 radical (unpaired) electrons. The van der Waals surface area contributed by atoms with E-state index in [1.807, 2.05) is 4.98 Å². The van der Waals surface area contributed by atoms with E-state index in [2.05, 4.69) is 4.98 Å². The van der Waals surface area contributed by atoms with E-state index in [1.54, 1.807) is 0 Å². The number of hydrogen-bond acceptors (Lipinski definition) is 5. The summed E-state index contributed by atoms with van der Waals surface area (Å²) in [6.07, 6.45) is 1.46. The zero-order valence-corrected chi connectivity index (χ0v) is 9.66. The molecule has 4 N–H and O–H groups in total. The summed E-state index contributed by atoms with van der Waals surface area (Å²) in [5.41, 5.74) is 3.95. The second-order valence-electron chi connectivity index (χ2n) is 3.85. The molecule has 1 atom stereocenters. The lowest BCUT2D eigenvalue weighted by Crippen LogP contribution is -2.36. The van der Waals surface area contributed by atoms with Crippen LogP contribution in [0.3, 0.4) is 0 Å². The fourth-order valence-electron chi connectivity index (χ4n) is 1.70. The molecule has 0 bridgehead atoms. The molecule has 1 aliphatic heterocycles. The first-order chi connectivity index (χ1) is 7.91. The van der Waals surface area contributed by atoms with Crippen molar-refractivity contribution in [3.63, 3.8) is 0 Å². The second kappa shape index (κ2) is 4.09. The first-order valence-electron chi connectivity index (χ1n) is 4.99. The van der Waals surface area contributed by atoms with Crippen molar-refractivity contribution in [3.05, 3.63) is 27.0 Å². The summed E-state index contributed by atoms with van der Waals surface area (Å²) in [6.45, 7) is 0.461. The Hall–Kier alpha value is -1.45. The average molecular weight is 260 g/mol. The molecular formula is C8H12N4O4S. The third kappa shape index (κ3) is 2.16. The molecule has 1 saturated heterocycles. The minimum Gasteiger partial charge on any atom is -0.326 e. The van der Waals surface area contributed by atoms with E-state index >= 15 is 0 Å². The van der Waals surface area contributed by atoms with Gasteiger partial charge in [0.25, 0.3) is 5.56 Å². The summed E-state index contributed by atoms with van der Waals surface area (Å²) in [7, 11) is -3.88. The number of nitrogens with zero attached hydrogens (tertiary/aromatic N) is 1. The van der Waals surface area contributed by atoms with Gasteiger partial charge in [-0.3, -0.25) is 9.78 Å². The van der Waals surface area contributed by atoms with E-state index in [9.17, 15) is 18.0 Å². The molecule has 1 aliphatic rings. The Kier molecular flexibility index (Phi) is 2.89. The normalized spacial score (nSPS) is 21.8. The van der Waals surface area contributed by atoms with E-state index in [1.165, 1.54) is 0 Å². The van der Waals surface area contributed by atoms with Crippen LogP contribution in [0.5, 0.6) is 0 Å². The number of rotatable bonds is 2. The van der Waals surface area contributed by atoms with Gasteiger partial charge in [0, 0.05) is 25.3 Å². The maximum absolute atomic E-state index is 12.0. The van der Waals surface area contributed by atoms with Crippen LogP contribution in [0.2, 0.25) is 0 Å². The van der Waals surface area contributed by atoms with Gasteiger partial charge in [0.1, 0.15) is 0 Å². The fraction of sp³-hybridized carbons (Fsp3) is 0.500. The molecule has 0 spiro atoms. The Balaban J connectivity index is 2.45. The number of hydrogen-bond donors (Lipinski definition) is 3. The van der Waals surface area contributed by atoms with Gasteiger partial charge in [-0.2, -0.15) is 4.31 Å².